The summed E-state index contributed by atoms with van der Waals surface area (Å²) in [5, 5.41) is 3.42. The first-order valence-electron chi connectivity index (χ1n) is 5.57. The maximum atomic E-state index is 4.35. The number of nitrogens with one attached hydrogen (secondary N) is 1. The molecule has 0 aliphatic carbocycles. The molecule has 1 atom stereocenters. The Balaban J connectivity index is 2.20. The highest BCUT2D eigenvalue weighted by Gasteiger charge is 2.21. The number of piperazine rings is 1. The molecule has 0 saturated carbocycles. The third-order valence-corrected chi connectivity index (χ3v) is 2.91. The fourth-order valence-corrected chi connectivity index (χ4v) is 2.02. The van der Waals surface area contributed by atoms with Gasteiger partial charge in [0.1, 0.15) is 12.1 Å². The minimum absolute atomic E-state index is 0.563. The molecule has 1 N–H and O–H groups in total. The molecule has 1 saturated heterocycles. The molecule has 1 unspecified atom stereocenters. The van der Waals surface area contributed by atoms with Crippen LogP contribution in [0.2, 0.25) is 0 Å². The van der Waals surface area contributed by atoms with Crippen LogP contribution in [0.5, 0.6) is 0 Å². The molecule has 4 heteroatoms. The fourth-order valence-electron chi connectivity index (χ4n) is 2.02. The van der Waals surface area contributed by atoms with Crippen LogP contribution in [0.1, 0.15) is 19.0 Å². The van der Waals surface area contributed by atoms with E-state index in [9.17, 15) is 0 Å². The molecule has 2 heterocycles. The lowest BCUT2D eigenvalue weighted by Gasteiger charge is -2.36. The van der Waals surface area contributed by atoms with Gasteiger partial charge in [-0.1, -0.05) is 6.92 Å². The van der Waals surface area contributed by atoms with Crippen LogP contribution in [-0.2, 0) is 0 Å². The van der Waals surface area contributed by atoms with Gasteiger partial charge in [0.2, 0.25) is 0 Å². The molecular weight excluding hydrogens is 188 g/mol. The van der Waals surface area contributed by atoms with Gasteiger partial charge in [-0.15, -0.1) is 0 Å². The van der Waals surface area contributed by atoms with Crippen molar-refractivity contribution in [3.05, 3.63) is 18.1 Å². The van der Waals surface area contributed by atoms with Crippen molar-refractivity contribution < 1.29 is 0 Å². The molecule has 1 aliphatic rings. The maximum Gasteiger partial charge on any atom is 0.132 e. The number of hydrogen-bond donors (Lipinski definition) is 1. The Labute approximate surface area is 90.7 Å². The molecule has 1 fully saturated rings. The van der Waals surface area contributed by atoms with Crippen LogP contribution in [0.4, 0.5) is 5.82 Å². The zero-order chi connectivity index (χ0) is 10.7. The number of nitrogens with zero attached hydrogens (tertiary/aromatic N) is 3. The molecule has 0 amide bonds. The van der Waals surface area contributed by atoms with Gasteiger partial charge in [-0.3, -0.25) is 0 Å². The molecule has 1 aliphatic heterocycles. The molecule has 1 aromatic rings. The highest BCUT2D eigenvalue weighted by Crippen LogP contribution is 2.17. The molecule has 0 aromatic carbocycles. The largest absolute Gasteiger partial charge is 0.351 e. The third-order valence-electron chi connectivity index (χ3n) is 2.91. The van der Waals surface area contributed by atoms with E-state index in [0.717, 1.165) is 37.6 Å². The van der Waals surface area contributed by atoms with Crippen LogP contribution < -0.4 is 10.2 Å². The van der Waals surface area contributed by atoms with Crippen molar-refractivity contribution >= 4 is 5.82 Å². The van der Waals surface area contributed by atoms with E-state index in [-0.39, 0.29) is 0 Å². The van der Waals surface area contributed by atoms with Crippen molar-refractivity contribution in [2.45, 2.75) is 26.3 Å². The Kier molecular flexibility index (Phi) is 3.16. The standard InChI is InChI=1S/C11H18N4/c1-3-10-7-12-4-5-15(10)11-6-9(2)13-8-14-11/h6,8,10,12H,3-5,7H2,1-2H3. The van der Waals surface area contributed by atoms with Crippen LogP contribution in [-0.4, -0.2) is 35.6 Å². The van der Waals surface area contributed by atoms with E-state index < -0.39 is 0 Å². The lowest BCUT2D eigenvalue weighted by molar-refractivity contribution is 0.463. The summed E-state index contributed by atoms with van der Waals surface area (Å²) >= 11 is 0. The van der Waals surface area contributed by atoms with Crippen LogP contribution in [0.25, 0.3) is 0 Å². The first-order valence-corrected chi connectivity index (χ1v) is 5.57. The smallest absolute Gasteiger partial charge is 0.132 e. The minimum Gasteiger partial charge on any atom is -0.351 e. The topological polar surface area (TPSA) is 41.0 Å². The van der Waals surface area contributed by atoms with Crippen molar-refractivity contribution in [2.75, 3.05) is 24.5 Å². The van der Waals surface area contributed by atoms with Crippen molar-refractivity contribution in [2.24, 2.45) is 0 Å². The zero-order valence-electron chi connectivity index (χ0n) is 9.40. The van der Waals surface area contributed by atoms with Crippen molar-refractivity contribution in [1.82, 2.24) is 15.3 Å². The second-order valence-electron chi connectivity index (χ2n) is 3.98. The van der Waals surface area contributed by atoms with Gasteiger partial charge < -0.3 is 10.2 Å². The molecule has 0 spiro atoms. The summed E-state index contributed by atoms with van der Waals surface area (Å²) in [5.41, 5.74) is 1.04. The average molecular weight is 206 g/mol. The van der Waals surface area contributed by atoms with Gasteiger partial charge in [0.25, 0.3) is 0 Å². The summed E-state index contributed by atoms with van der Waals surface area (Å²) in [6.07, 6.45) is 2.80. The van der Waals surface area contributed by atoms with Crippen molar-refractivity contribution in [3.8, 4) is 0 Å². The molecule has 15 heavy (non-hydrogen) atoms. The summed E-state index contributed by atoms with van der Waals surface area (Å²) in [4.78, 5) is 10.9. The summed E-state index contributed by atoms with van der Waals surface area (Å²) in [6, 6.07) is 2.63. The number of rotatable bonds is 2. The fraction of sp³-hybridized carbons (Fsp3) is 0.636. The highest BCUT2D eigenvalue weighted by molar-refractivity contribution is 5.40. The normalized spacial score (nSPS) is 21.7. The Morgan fingerprint density at radius 3 is 3.13 bits per heavy atom. The van der Waals surface area contributed by atoms with Gasteiger partial charge in [-0.05, 0) is 13.3 Å². The first kappa shape index (κ1) is 10.4. The highest BCUT2D eigenvalue weighted by atomic mass is 15.3. The molecular formula is C11H18N4. The number of aryl methyl sites for hydroxylation is 1. The molecule has 0 bridgehead atoms. The second-order valence-corrected chi connectivity index (χ2v) is 3.98. The molecule has 2 rings (SSSR count). The third kappa shape index (κ3) is 2.26. The summed E-state index contributed by atoms with van der Waals surface area (Å²) < 4.78 is 0. The van der Waals surface area contributed by atoms with Gasteiger partial charge in [-0.2, -0.15) is 0 Å². The molecule has 1 aromatic heterocycles. The van der Waals surface area contributed by atoms with Crippen LogP contribution >= 0.6 is 0 Å². The Bertz CT molecular complexity index is 326. The quantitative estimate of drug-likeness (QED) is 0.783. The van der Waals surface area contributed by atoms with E-state index in [1.54, 1.807) is 6.33 Å². The SMILES string of the molecule is CCC1CNCCN1c1cc(C)ncn1. The minimum atomic E-state index is 0.563. The van der Waals surface area contributed by atoms with Gasteiger partial charge in [0.05, 0.1) is 0 Å². The van der Waals surface area contributed by atoms with E-state index in [4.69, 9.17) is 0 Å². The van der Waals surface area contributed by atoms with E-state index in [2.05, 4.69) is 33.2 Å². The number of aromatic nitrogens is 2. The van der Waals surface area contributed by atoms with E-state index in [1.165, 1.54) is 0 Å². The van der Waals surface area contributed by atoms with Gasteiger partial charge in [-0.25, -0.2) is 9.97 Å². The molecule has 4 nitrogen and oxygen atoms in total. The summed E-state index contributed by atoms with van der Waals surface area (Å²) in [6.45, 7) is 7.36. The molecule has 0 radical (unpaired) electrons. The first-order chi connectivity index (χ1) is 7.31. The van der Waals surface area contributed by atoms with E-state index >= 15 is 0 Å². The van der Waals surface area contributed by atoms with E-state index in [0.29, 0.717) is 6.04 Å². The average Bonchev–Trinajstić information content (AvgIpc) is 2.29. The predicted molar refractivity (Wildman–Crippen MR) is 61.1 cm³/mol. The van der Waals surface area contributed by atoms with Crippen molar-refractivity contribution in [1.29, 1.82) is 0 Å². The lowest BCUT2D eigenvalue weighted by Crippen LogP contribution is -2.51. The monoisotopic (exact) mass is 206 g/mol. The number of anilines is 1. The van der Waals surface area contributed by atoms with Gasteiger partial charge >= 0.3 is 0 Å². The van der Waals surface area contributed by atoms with Crippen LogP contribution in [0.15, 0.2) is 12.4 Å². The second kappa shape index (κ2) is 4.57. The van der Waals surface area contributed by atoms with Gasteiger partial charge in [0.15, 0.2) is 0 Å². The lowest BCUT2D eigenvalue weighted by atomic mass is 10.1. The van der Waals surface area contributed by atoms with Gasteiger partial charge in [0, 0.05) is 37.4 Å². The molecule has 82 valence electrons. The van der Waals surface area contributed by atoms with Crippen LogP contribution in [0, 0.1) is 6.92 Å². The Hall–Kier alpha value is -1.16. The summed E-state index contributed by atoms with van der Waals surface area (Å²) in [7, 11) is 0. The summed E-state index contributed by atoms with van der Waals surface area (Å²) in [5.74, 6) is 1.07. The Morgan fingerprint density at radius 2 is 2.40 bits per heavy atom. The number of hydrogen-bond acceptors (Lipinski definition) is 4. The van der Waals surface area contributed by atoms with E-state index in [1.807, 2.05) is 6.92 Å². The van der Waals surface area contributed by atoms with Crippen LogP contribution in [0.3, 0.4) is 0 Å². The van der Waals surface area contributed by atoms with Crippen molar-refractivity contribution in [3.63, 3.8) is 0 Å². The zero-order valence-corrected chi connectivity index (χ0v) is 9.40. The predicted octanol–water partition coefficient (Wildman–Crippen LogP) is 0.973. The maximum absolute atomic E-state index is 4.35. The Morgan fingerprint density at radius 1 is 1.53 bits per heavy atom.